The van der Waals surface area contributed by atoms with E-state index >= 15 is 0 Å². The van der Waals surface area contributed by atoms with E-state index in [1.54, 1.807) is 0 Å². The molecule has 0 aliphatic rings. The zero-order valence-corrected chi connectivity index (χ0v) is 10.4. The molecule has 3 aromatic rings. The lowest BCUT2D eigenvalue weighted by atomic mass is 10.1. The summed E-state index contributed by atoms with van der Waals surface area (Å²) in [5, 5.41) is -0.0267. The first kappa shape index (κ1) is 13.4. The van der Waals surface area contributed by atoms with E-state index in [1.165, 1.54) is 0 Å². The highest BCUT2D eigenvalue weighted by Crippen LogP contribution is 2.32. The summed E-state index contributed by atoms with van der Waals surface area (Å²) in [6.45, 7) is 0. The van der Waals surface area contributed by atoms with Crippen molar-refractivity contribution < 1.29 is 22.4 Å². The summed E-state index contributed by atoms with van der Waals surface area (Å²) in [4.78, 5) is 13.7. The number of fused-ring (bicyclic) bond motifs is 1. The molecule has 0 atom stereocenters. The molecule has 2 nitrogen and oxygen atoms in total. The molecular weight excluding hydrogens is 286 g/mol. The Morgan fingerprint density at radius 3 is 2.38 bits per heavy atom. The van der Waals surface area contributed by atoms with Gasteiger partial charge in [0, 0.05) is 22.6 Å². The van der Waals surface area contributed by atoms with Crippen molar-refractivity contribution in [1.82, 2.24) is 4.98 Å². The summed E-state index contributed by atoms with van der Waals surface area (Å²) in [6, 6.07) is 4.28. The van der Waals surface area contributed by atoms with E-state index in [0.29, 0.717) is 12.4 Å². The zero-order chi connectivity index (χ0) is 15.1. The Labute approximate surface area is 116 Å². The quantitative estimate of drug-likeness (QED) is 0.557. The molecule has 0 spiro atoms. The molecular formula is C15H7F4NO. The van der Waals surface area contributed by atoms with Crippen molar-refractivity contribution >= 4 is 17.2 Å². The number of halogens is 4. The van der Waals surface area contributed by atoms with Crippen LogP contribution in [0.3, 0.4) is 0 Å². The van der Waals surface area contributed by atoms with Gasteiger partial charge in [0.25, 0.3) is 0 Å². The lowest BCUT2D eigenvalue weighted by molar-refractivity contribution is 0.112. The predicted octanol–water partition coefficient (Wildman–Crippen LogP) is 4.20. The van der Waals surface area contributed by atoms with Crippen LogP contribution in [0.15, 0.2) is 30.3 Å². The van der Waals surface area contributed by atoms with Gasteiger partial charge in [0.15, 0.2) is 6.29 Å². The molecule has 2 aromatic carbocycles. The standard InChI is InChI=1S/C15H7F4NO/c16-7-1-2-12(18)10(3-7)14-11(6-21)9-4-8(17)5-13(19)15(9)20-14/h1-6,20H. The molecule has 0 saturated carbocycles. The van der Waals surface area contributed by atoms with Crippen LogP contribution < -0.4 is 0 Å². The van der Waals surface area contributed by atoms with Gasteiger partial charge in [-0.3, -0.25) is 4.79 Å². The van der Waals surface area contributed by atoms with Gasteiger partial charge >= 0.3 is 0 Å². The second-order valence-electron chi connectivity index (χ2n) is 4.47. The van der Waals surface area contributed by atoms with Gasteiger partial charge in [-0.2, -0.15) is 0 Å². The van der Waals surface area contributed by atoms with Gasteiger partial charge < -0.3 is 4.98 Å². The van der Waals surface area contributed by atoms with Crippen molar-refractivity contribution in [2.75, 3.05) is 0 Å². The number of hydrogen-bond donors (Lipinski definition) is 1. The van der Waals surface area contributed by atoms with Crippen molar-refractivity contribution in [1.29, 1.82) is 0 Å². The topological polar surface area (TPSA) is 32.9 Å². The molecule has 0 aliphatic carbocycles. The Kier molecular flexibility index (Phi) is 3.01. The van der Waals surface area contributed by atoms with E-state index in [9.17, 15) is 22.4 Å². The highest BCUT2D eigenvalue weighted by Gasteiger charge is 2.19. The lowest BCUT2D eigenvalue weighted by Gasteiger charge is -2.02. The third-order valence-corrected chi connectivity index (χ3v) is 3.18. The first-order valence-corrected chi connectivity index (χ1v) is 5.92. The van der Waals surface area contributed by atoms with Crippen LogP contribution in [0.25, 0.3) is 22.2 Å². The Morgan fingerprint density at radius 2 is 1.67 bits per heavy atom. The average molecular weight is 293 g/mol. The molecule has 0 aliphatic heterocycles. The summed E-state index contributed by atoms with van der Waals surface area (Å²) in [6.07, 6.45) is 0.345. The van der Waals surface area contributed by atoms with E-state index in [-0.39, 0.29) is 27.7 Å². The van der Waals surface area contributed by atoms with Gasteiger partial charge in [-0.1, -0.05) is 0 Å². The normalized spacial score (nSPS) is 11.0. The van der Waals surface area contributed by atoms with Crippen LogP contribution in [-0.4, -0.2) is 11.3 Å². The van der Waals surface area contributed by atoms with Crippen LogP contribution in [0.2, 0.25) is 0 Å². The van der Waals surface area contributed by atoms with Crippen molar-refractivity contribution in [2.24, 2.45) is 0 Å². The van der Waals surface area contributed by atoms with E-state index in [0.717, 1.165) is 24.3 Å². The Hall–Kier alpha value is -2.63. The van der Waals surface area contributed by atoms with Crippen molar-refractivity contribution in [3.05, 3.63) is 59.2 Å². The smallest absolute Gasteiger partial charge is 0.152 e. The molecule has 0 amide bonds. The van der Waals surface area contributed by atoms with Gasteiger partial charge in [0.2, 0.25) is 0 Å². The summed E-state index contributed by atoms with van der Waals surface area (Å²) >= 11 is 0. The minimum Gasteiger partial charge on any atom is -0.351 e. The molecule has 6 heteroatoms. The predicted molar refractivity (Wildman–Crippen MR) is 69.0 cm³/mol. The number of H-pyrrole nitrogens is 1. The number of carbonyl (C=O) groups is 1. The number of benzene rings is 2. The Balaban J connectivity index is 2.40. The molecule has 0 radical (unpaired) electrons. The molecule has 1 aromatic heterocycles. The molecule has 1 N–H and O–H groups in total. The van der Waals surface area contributed by atoms with Crippen molar-refractivity contribution in [2.45, 2.75) is 0 Å². The monoisotopic (exact) mass is 293 g/mol. The Morgan fingerprint density at radius 1 is 0.905 bits per heavy atom. The molecule has 21 heavy (non-hydrogen) atoms. The van der Waals surface area contributed by atoms with E-state index < -0.39 is 23.3 Å². The fourth-order valence-corrected chi connectivity index (χ4v) is 2.26. The van der Waals surface area contributed by atoms with E-state index in [1.807, 2.05) is 0 Å². The molecule has 0 fully saturated rings. The minimum atomic E-state index is -0.920. The summed E-state index contributed by atoms with van der Waals surface area (Å²) in [7, 11) is 0. The largest absolute Gasteiger partial charge is 0.351 e. The highest BCUT2D eigenvalue weighted by atomic mass is 19.1. The molecule has 0 saturated heterocycles. The maximum Gasteiger partial charge on any atom is 0.152 e. The number of nitrogens with one attached hydrogen (secondary N) is 1. The minimum absolute atomic E-state index is 0.0267. The molecule has 106 valence electrons. The molecule has 3 rings (SSSR count). The Bertz CT molecular complexity index is 870. The van der Waals surface area contributed by atoms with Gasteiger partial charge in [-0.15, -0.1) is 0 Å². The first-order valence-electron chi connectivity index (χ1n) is 5.92. The van der Waals surface area contributed by atoms with Crippen LogP contribution >= 0.6 is 0 Å². The fourth-order valence-electron chi connectivity index (χ4n) is 2.26. The maximum atomic E-state index is 13.8. The lowest BCUT2D eigenvalue weighted by Crippen LogP contribution is -1.90. The third-order valence-electron chi connectivity index (χ3n) is 3.18. The average Bonchev–Trinajstić information content (AvgIpc) is 2.80. The highest BCUT2D eigenvalue weighted by molar-refractivity contribution is 6.04. The van der Waals surface area contributed by atoms with E-state index in [2.05, 4.69) is 4.98 Å². The third kappa shape index (κ3) is 2.08. The fraction of sp³-hybridized carbons (Fsp3) is 0. The molecule has 0 unspecified atom stereocenters. The van der Waals surface area contributed by atoms with Gasteiger partial charge in [-0.25, -0.2) is 17.6 Å². The molecule has 1 heterocycles. The van der Waals surface area contributed by atoms with Crippen LogP contribution in [-0.2, 0) is 0 Å². The van der Waals surface area contributed by atoms with Gasteiger partial charge in [0.05, 0.1) is 11.2 Å². The summed E-state index contributed by atoms with van der Waals surface area (Å²) in [5.74, 6) is -3.29. The number of rotatable bonds is 2. The zero-order valence-electron chi connectivity index (χ0n) is 10.4. The second-order valence-corrected chi connectivity index (χ2v) is 4.47. The summed E-state index contributed by atoms with van der Waals surface area (Å²) in [5.41, 5.74) is -0.598. The number of aldehydes is 1. The van der Waals surface area contributed by atoms with Crippen LogP contribution in [0.5, 0.6) is 0 Å². The van der Waals surface area contributed by atoms with Crippen LogP contribution in [0, 0.1) is 23.3 Å². The van der Waals surface area contributed by atoms with Crippen LogP contribution in [0.4, 0.5) is 17.6 Å². The van der Waals surface area contributed by atoms with Crippen molar-refractivity contribution in [3.8, 4) is 11.3 Å². The maximum absolute atomic E-state index is 13.8. The first-order chi connectivity index (χ1) is 10.0. The SMILES string of the molecule is O=Cc1c(-c2cc(F)ccc2F)[nH]c2c(F)cc(F)cc12. The van der Waals surface area contributed by atoms with Gasteiger partial charge in [0.1, 0.15) is 23.3 Å². The number of carbonyl (C=O) groups excluding carboxylic acids is 1. The van der Waals surface area contributed by atoms with Crippen LogP contribution in [0.1, 0.15) is 10.4 Å². The van der Waals surface area contributed by atoms with E-state index in [4.69, 9.17) is 0 Å². The second kappa shape index (κ2) is 4.73. The number of aromatic amines is 1. The number of hydrogen-bond acceptors (Lipinski definition) is 1. The molecule has 0 bridgehead atoms. The van der Waals surface area contributed by atoms with Crippen molar-refractivity contribution in [3.63, 3.8) is 0 Å². The van der Waals surface area contributed by atoms with Gasteiger partial charge in [-0.05, 0) is 24.3 Å². The number of aromatic nitrogens is 1. The summed E-state index contributed by atoms with van der Waals surface area (Å²) < 4.78 is 54.1.